The molecule has 0 aliphatic carbocycles. The second-order valence-corrected chi connectivity index (χ2v) is 7.30. The molecular weight excluding hydrogens is 366 g/mol. The van der Waals surface area contributed by atoms with Crippen molar-refractivity contribution in [1.82, 2.24) is 4.90 Å². The average molecular weight is 396 g/mol. The second-order valence-electron chi connectivity index (χ2n) is 7.30. The fraction of sp³-hybridized carbons (Fsp3) is 0.391. The van der Waals surface area contributed by atoms with Crippen molar-refractivity contribution < 1.29 is 14.3 Å². The van der Waals surface area contributed by atoms with Crippen LogP contribution in [0.15, 0.2) is 48.5 Å². The number of benzene rings is 2. The van der Waals surface area contributed by atoms with Gasteiger partial charge in [-0.15, -0.1) is 0 Å². The molecule has 6 heteroatoms. The molecule has 154 valence electrons. The zero-order valence-corrected chi connectivity index (χ0v) is 16.9. The molecule has 1 saturated heterocycles. The summed E-state index contributed by atoms with van der Waals surface area (Å²) in [4.78, 5) is 25.8. The number of rotatable bonds is 8. The highest BCUT2D eigenvalue weighted by atomic mass is 16.5. The minimum atomic E-state index is -0.0924. The van der Waals surface area contributed by atoms with Crippen molar-refractivity contribution in [2.75, 3.05) is 43.5 Å². The molecule has 2 aromatic carbocycles. The van der Waals surface area contributed by atoms with E-state index in [1.807, 2.05) is 48.5 Å². The minimum Gasteiger partial charge on any atom is -0.379 e. The van der Waals surface area contributed by atoms with Crippen LogP contribution < -0.4 is 10.6 Å². The lowest BCUT2D eigenvalue weighted by atomic mass is 10.0. The number of unbranched alkanes of at least 4 members (excludes halogenated alkanes) is 1. The number of nitrogens with one attached hydrogen (secondary N) is 2. The van der Waals surface area contributed by atoms with Crippen molar-refractivity contribution in [2.24, 2.45) is 0 Å². The Labute approximate surface area is 172 Å². The van der Waals surface area contributed by atoms with Gasteiger partial charge in [-0.3, -0.25) is 14.5 Å². The maximum absolute atomic E-state index is 12.2. The molecule has 0 atom stereocenters. The molecule has 2 N–H and O–H groups in total. The molecule has 1 heterocycles. The van der Waals surface area contributed by atoms with Gasteiger partial charge in [-0.2, -0.15) is 0 Å². The summed E-state index contributed by atoms with van der Waals surface area (Å²) in [7, 11) is 0. The first-order chi connectivity index (χ1) is 14.1. The van der Waals surface area contributed by atoms with Crippen LogP contribution in [-0.2, 0) is 14.3 Å². The van der Waals surface area contributed by atoms with E-state index in [0.29, 0.717) is 6.42 Å². The number of hydrogen-bond donors (Lipinski definition) is 2. The highest BCUT2D eigenvalue weighted by molar-refractivity contribution is 5.91. The molecule has 0 bridgehead atoms. The van der Waals surface area contributed by atoms with Crippen LogP contribution in [0, 0.1) is 0 Å². The summed E-state index contributed by atoms with van der Waals surface area (Å²) in [5.74, 6) is -0.0439. The molecule has 0 spiro atoms. The summed E-state index contributed by atoms with van der Waals surface area (Å²) < 4.78 is 5.35. The monoisotopic (exact) mass is 395 g/mol. The Morgan fingerprint density at radius 2 is 1.69 bits per heavy atom. The van der Waals surface area contributed by atoms with Crippen molar-refractivity contribution in [1.29, 1.82) is 0 Å². The van der Waals surface area contributed by atoms with Crippen LogP contribution in [0.25, 0.3) is 11.1 Å². The van der Waals surface area contributed by atoms with E-state index in [1.54, 1.807) is 0 Å². The molecule has 1 aliphatic heterocycles. The number of amides is 2. The second kappa shape index (κ2) is 10.7. The van der Waals surface area contributed by atoms with Crippen molar-refractivity contribution in [3.63, 3.8) is 0 Å². The molecule has 6 nitrogen and oxygen atoms in total. The van der Waals surface area contributed by atoms with Crippen LogP contribution in [0.1, 0.15) is 26.2 Å². The summed E-state index contributed by atoms with van der Waals surface area (Å²) >= 11 is 0. The van der Waals surface area contributed by atoms with Crippen LogP contribution in [0.2, 0.25) is 0 Å². The molecule has 1 fully saturated rings. The average Bonchev–Trinajstić information content (AvgIpc) is 2.72. The zero-order valence-electron chi connectivity index (χ0n) is 16.9. The van der Waals surface area contributed by atoms with Crippen LogP contribution in [0.4, 0.5) is 11.4 Å². The van der Waals surface area contributed by atoms with E-state index in [2.05, 4.69) is 15.5 Å². The number of nitrogens with zero attached hydrogens (tertiary/aromatic N) is 1. The van der Waals surface area contributed by atoms with Gasteiger partial charge in [-0.25, -0.2) is 0 Å². The van der Waals surface area contributed by atoms with Crippen LogP contribution in [0.5, 0.6) is 0 Å². The quantitative estimate of drug-likeness (QED) is 0.668. The van der Waals surface area contributed by atoms with Gasteiger partial charge in [-0.1, -0.05) is 24.3 Å². The summed E-state index contributed by atoms with van der Waals surface area (Å²) in [6.45, 7) is 6.14. The fourth-order valence-corrected chi connectivity index (χ4v) is 3.40. The highest BCUT2D eigenvalue weighted by Crippen LogP contribution is 2.24. The summed E-state index contributed by atoms with van der Waals surface area (Å²) in [6.07, 6.45) is 2.44. The largest absolute Gasteiger partial charge is 0.379 e. The first kappa shape index (κ1) is 21.0. The predicted molar refractivity (Wildman–Crippen MR) is 116 cm³/mol. The standard InChI is InChI=1S/C23H29N3O3/c1-18(27)24-22-6-4-5-20(17-22)19-8-10-21(11-9-19)25-23(28)7-2-3-12-26-13-15-29-16-14-26/h4-6,8-11,17H,2-3,7,12-16H2,1H3,(H,24,27)(H,25,28). The van der Waals surface area contributed by atoms with Gasteiger partial charge in [0.25, 0.3) is 0 Å². The van der Waals surface area contributed by atoms with Gasteiger partial charge in [-0.05, 0) is 54.8 Å². The Kier molecular flexibility index (Phi) is 7.78. The number of anilines is 2. The summed E-state index contributed by atoms with van der Waals surface area (Å²) in [5.41, 5.74) is 3.60. The van der Waals surface area contributed by atoms with Gasteiger partial charge in [0.2, 0.25) is 11.8 Å². The topological polar surface area (TPSA) is 70.7 Å². The van der Waals surface area contributed by atoms with Gasteiger partial charge in [0.1, 0.15) is 0 Å². The molecule has 2 aromatic rings. The van der Waals surface area contributed by atoms with Gasteiger partial charge < -0.3 is 15.4 Å². The van der Waals surface area contributed by atoms with E-state index in [1.165, 1.54) is 6.92 Å². The maximum Gasteiger partial charge on any atom is 0.224 e. The summed E-state index contributed by atoms with van der Waals surface area (Å²) in [5, 5.41) is 5.76. The van der Waals surface area contributed by atoms with Crippen molar-refractivity contribution in [2.45, 2.75) is 26.2 Å². The molecule has 0 aromatic heterocycles. The minimum absolute atomic E-state index is 0.0485. The Morgan fingerprint density at radius 3 is 2.41 bits per heavy atom. The van der Waals surface area contributed by atoms with Gasteiger partial charge in [0, 0.05) is 37.8 Å². The molecule has 0 radical (unpaired) electrons. The van der Waals surface area contributed by atoms with Crippen molar-refractivity contribution >= 4 is 23.2 Å². The van der Waals surface area contributed by atoms with E-state index in [9.17, 15) is 9.59 Å². The molecule has 1 aliphatic rings. The predicted octanol–water partition coefficient (Wildman–Crippen LogP) is 3.75. The van der Waals surface area contributed by atoms with E-state index in [-0.39, 0.29) is 11.8 Å². The molecule has 2 amide bonds. The zero-order chi connectivity index (χ0) is 20.5. The number of carbonyl (C=O) groups is 2. The van der Waals surface area contributed by atoms with Crippen LogP contribution >= 0.6 is 0 Å². The van der Waals surface area contributed by atoms with Gasteiger partial charge >= 0.3 is 0 Å². The van der Waals surface area contributed by atoms with Crippen molar-refractivity contribution in [3.05, 3.63) is 48.5 Å². The maximum atomic E-state index is 12.2. The van der Waals surface area contributed by atoms with Crippen LogP contribution in [-0.4, -0.2) is 49.6 Å². The third-order valence-corrected chi connectivity index (χ3v) is 4.92. The first-order valence-corrected chi connectivity index (χ1v) is 10.2. The molecule has 29 heavy (non-hydrogen) atoms. The number of ether oxygens (including phenoxy) is 1. The Morgan fingerprint density at radius 1 is 0.931 bits per heavy atom. The smallest absolute Gasteiger partial charge is 0.224 e. The van der Waals surface area contributed by atoms with E-state index < -0.39 is 0 Å². The van der Waals surface area contributed by atoms with E-state index in [4.69, 9.17) is 4.74 Å². The number of morpholine rings is 1. The lowest BCUT2D eigenvalue weighted by molar-refractivity contribution is -0.116. The van der Waals surface area contributed by atoms with Gasteiger partial charge in [0.05, 0.1) is 13.2 Å². The fourth-order valence-electron chi connectivity index (χ4n) is 3.40. The molecule has 3 rings (SSSR count). The summed E-state index contributed by atoms with van der Waals surface area (Å²) in [6, 6.07) is 15.5. The SMILES string of the molecule is CC(=O)Nc1cccc(-c2ccc(NC(=O)CCCCN3CCOCC3)cc2)c1. The lowest BCUT2D eigenvalue weighted by Crippen LogP contribution is -2.36. The van der Waals surface area contributed by atoms with Crippen LogP contribution in [0.3, 0.4) is 0 Å². The molecule has 0 saturated carbocycles. The Hall–Kier alpha value is -2.70. The molecular formula is C23H29N3O3. The van der Waals surface area contributed by atoms with E-state index in [0.717, 1.165) is 68.2 Å². The third-order valence-electron chi connectivity index (χ3n) is 4.92. The number of hydrogen-bond acceptors (Lipinski definition) is 4. The van der Waals surface area contributed by atoms with Crippen molar-refractivity contribution in [3.8, 4) is 11.1 Å². The molecule has 0 unspecified atom stereocenters. The normalized spacial score (nSPS) is 14.4. The third kappa shape index (κ3) is 7.00. The lowest BCUT2D eigenvalue weighted by Gasteiger charge is -2.26. The van der Waals surface area contributed by atoms with E-state index >= 15 is 0 Å². The Bertz CT molecular complexity index is 814. The van der Waals surface area contributed by atoms with Gasteiger partial charge in [0.15, 0.2) is 0 Å². The highest BCUT2D eigenvalue weighted by Gasteiger charge is 2.10. The number of carbonyl (C=O) groups excluding carboxylic acids is 2. The first-order valence-electron chi connectivity index (χ1n) is 10.2. The Balaban J connectivity index is 1.45.